The fourth-order valence-corrected chi connectivity index (χ4v) is 2.48. The Morgan fingerprint density at radius 2 is 2.40 bits per heavy atom. The number of aromatic nitrogens is 2. The van der Waals surface area contributed by atoms with Crippen LogP contribution >= 0.6 is 23.3 Å². The van der Waals surface area contributed by atoms with Gasteiger partial charge in [0.1, 0.15) is 0 Å². The van der Waals surface area contributed by atoms with Gasteiger partial charge in [-0.3, -0.25) is 4.79 Å². The van der Waals surface area contributed by atoms with Gasteiger partial charge in [-0.1, -0.05) is 11.6 Å². The quantitative estimate of drug-likeness (QED) is 0.841. The van der Waals surface area contributed by atoms with Gasteiger partial charge < -0.3 is 10.6 Å². The van der Waals surface area contributed by atoms with Crippen LogP contribution in [0.4, 0.5) is 5.82 Å². The predicted molar refractivity (Wildman–Crippen MR) is 59.1 cm³/mol. The van der Waals surface area contributed by atoms with Crippen molar-refractivity contribution in [2.75, 3.05) is 18.0 Å². The molecule has 1 aromatic rings. The fraction of sp³-hybridized carbons (Fsp3) is 0.625. The van der Waals surface area contributed by atoms with Crippen LogP contribution in [0.15, 0.2) is 0 Å². The number of anilines is 1. The fourth-order valence-electron chi connectivity index (χ4n) is 1.70. The van der Waals surface area contributed by atoms with Crippen LogP contribution in [-0.2, 0) is 4.79 Å². The summed E-state index contributed by atoms with van der Waals surface area (Å²) in [5.41, 5.74) is 4.87. The summed E-state index contributed by atoms with van der Waals surface area (Å²) in [6.45, 7) is 3.17. The van der Waals surface area contributed by atoms with Gasteiger partial charge in [0.15, 0.2) is 11.0 Å². The summed E-state index contributed by atoms with van der Waals surface area (Å²) in [5.74, 6) is 0.385. The molecular weight excluding hydrogens is 236 g/mol. The van der Waals surface area contributed by atoms with Crippen molar-refractivity contribution in [2.24, 2.45) is 11.1 Å². The SMILES string of the molecule is CC1(C(N)=O)CCN(c2nsnc2Cl)C1. The van der Waals surface area contributed by atoms with Crippen molar-refractivity contribution < 1.29 is 4.79 Å². The van der Waals surface area contributed by atoms with Gasteiger partial charge >= 0.3 is 0 Å². The normalized spacial score (nSPS) is 25.9. The lowest BCUT2D eigenvalue weighted by molar-refractivity contribution is -0.125. The summed E-state index contributed by atoms with van der Waals surface area (Å²) >= 11 is 6.94. The smallest absolute Gasteiger partial charge is 0.225 e. The van der Waals surface area contributed by atoms with Crippen LogP contribution in [0.25, 0.3) is 0 Å². The maximum Gasteiger partial charge on any atom is 0.225 e. The Morgan fingerprint density at radius 3 is 2.87 bits per heavy atom. The average molecular weight is 247 g/mol. The third-order valence-electron chi connectivity index (χ3n) is 2.80. The van der Waals surface area contributed by atoms with Gasteiger partial charge in [0.2, 0.25) is 5.91 Å². The van der Waals surface area contributed by atoms with Crippen LogP contribution in [-0.4, -0.2) is 27.7 Å². The monoisotopic (exact) mass is 246 g/mol. The van der Waals surface area contributed by atoms with Gasteiger partial charge in [0.05, 0.1) is 17.1 Å². The zero-order chi connectivity index (χ0) is 11.1. The molecule has 1 saturated heterocycles. The lowest BCUT2D eigenvalue weighted by Gasteiger charge is -2.20. The third kappa shape index (κ3) is 1.79. The van der Waals surface area contributed by atoms with E-state index < -0.39 is 5.41 Å². The first kappa shape index (κ1) is 10.6. The highest BCUT2D eigenvalue weighted by Gasteiger charge is 2.40. The molecular formula is C8H11ClN4OS. The van der Waals surface area contributed by atoms with E-state index in [9.17, 15) is 4.79 Å². The number of carbonyl (C=O) groups is 1. The largest absolute Gasteiger partial charge is 0.369 e. The Kier molecular flexibility index (Phi) is 2.56. The van der Waals surface area contributed by atoms with E-state index in [1.807, 2.05) is 11.8 Å². The van der Waals surface area contributed by atoms with Crippen LogP contribution in [0.3, 0.4) is 0 Å². The minimum Gasteiger partial charge on any atom is -0.369 e. The van der Waals surface area contributed by atoms with Crippen LogP contribution in [0.2, 0.25) is 5.15 Å². The van der Waals surface area contributed by atoms with Gasteiger partial charge in [-0.25, -0.2) is 0 Å². The lowest BCUT2D eigenvalue weighted by atomic mass is 9.89. The standard InChI is InChI=1S/C8H11ClN4OS/c1-8(7(10)14)2-3-13(4-8)6-5(9)11-15-12-6/h2-4H2,1H3,(H2,10,14). The number of halogens is 1. The molecule has 1 aliphatic rings. The summed E-state index contributed by atoms with van der Waals surface area (Å²) in [7, 11) is 0. The molecule has 5 nitrogen and oxygen atoms in total. The van der Waals surface area contributed by atoms with Gasteiger partial charge in [-0.15, -0.1) is 0 Å². The van der Waals surface area contributed by atoms with Gasteiger partial charge in [-0.2, -0.15) is 8.75 Å². The molecule has 15 heavy (non-hydrogen) atoms. The molecule has 2 rings (SSSR count). The predicted octanol–water partition coefficient (Wildman–Crippen LogP) is 0.893. The summed E-state index contributed by atoms with van der Waals surface area (Å²) < 4.78 is 7.99. The van der Waals surface area contributed by atoms with Crippen molar-refractivity contribution in [3.8, 4) is 0 Å². The molecule has 7 heteroatoms. The molecule has 1 fully saturated rings. The highest BCUT2D eigenvalue weighted by Crippen LogP contribution is 2.34. The van der Waals surface area contributed by atoms with Gasteiger partial charge in [0, 0.05) is 13.1 Å². The van der Waals surface area contributed by atoms with E-state index >= 15 is 0 Å². The zero-order valence-corrected chi connectivity index (χ0v) is 9.81. The van der Waals surface area contributed by atoms with Crippen molar-refractivity contribution in [3.63, 3.8) is 0 Å². The highest BCUT2D eigenvalue weighted by atomic mass is 35.5. The summed E-state index contributed by atoms with van der Waals surface area (Å²) in [6.07, 6.45) is 0.732. The molecule has 1 aliphatic heterocycles. The van der Waals surface area contributed by atoms with Crippen molar-refractivity contribution in [1.29, 1.82) is 0 Å². The minimum atomic E-state index is -0.479. The third-order valence-corrected chi connectivity index (χ3v) is 3.67. The average Bonchev–Trinajstić information content (AvgIpc) is 2.73. The lowest BCUT2D eigenvalue weighted by Crippen LogP contribution is -2.37. The second-order valence-electron chi connectivity index (χ2n) is 3.98. The molecule has 2 heterocycles. The molecule has 1 amide bonds. The molecule has 0 spiro atoms. The Balaban J connectivity index is 2.18. The summed E-state index contributed by atoms with van der Waals surface area (Å²) in [6, 6.07) is 0. The number of carbonyl (C=O) groups excluding carboxylic acids is 1. The molecule has 0 bridgehead atoms. The molecule has 0 aromatic carbocycles. The first-order valence-corrected chi connectivity index (χ1v) is 5.67. The second kappa shape index (κ2) is 3.61. The van der Waals surface area contributed by atoms with Crippen LogP contribution in [0, 0.1) is 5.41 Å². The maximum absolute atomic E-state index is 11.3. The minimum absolute atomic E-state index is 0.274. The Labute approximate surface area is 96.5 Å². The molecule has 0 aliphatic carbocycles. The Bertz CT molecular complexity index is 396. The Morgan fingerprint density at radius 1 is 1.67 bits per heavy atom. The number of nitrogens with zero attached hydrogens (tertiary/aromatic N) is 3. The van der Waals surface area contributed by atoms with E-state index in [4.69, 9.17) is 17.3 Å². The summed E-state index contributed by atoms with van der Waals surface area (Å²) in [4.78, 5) is 13.2. The number of hydrogen-bond acceptors (Lipinski definition) is 5. The molecule has 2 N–H and O–H groups in total. The molecule has 1 unspecified atom stereocenters. The van der Waals surface area contributed by atoms with E-state index in [0.717, 1.165) is 24.7 Å². The van der Waals surface area contributed by atoms with Crippen molar-refractivity contribution in [3.05, 3.63) is 5.15 Å². The van der Waals surface area contributed by atoms with Gasteiger partial charge in [0.25, 0.3) is 0 Å². The van der Waals surface area contributed by atoms with E-state index in [1.54, 1.807) is 0 Å². The number of primary amides is 1. The van der Waals surface area contributed by atoms with Crippen LogP contribution < -0.4 is 10.6 Å². The maximum atomic E-state index is 11.3. The molecule has 0 saturated carbocycles. The topological polar surface area (TPSA) is 72.1 Å². The van der Waals surface area contributed by atoms with Crippen LogP contribution in [0.5, 0.6) is 0 Å². The second-order valence-corrected chi connectivity index (χ2v) is 4.86. The number of rotatable bonds is 2. The first-order valence-electron chi connectivity index (χ1n) is 4.56. The number of amides is 1. The summed E-state index contributed by atoms with van der Waals surface area (Å²) in [5, 5.41) is 0.397. The van der Waals surface area contributed by atoms with Crippen molar-refractivity contribution in [1.82, 2.24) is 8.75 Å². The van der Waals surface area contributed by atoms with E-state index in [1.165, 1.54) is 0 Å². The molecule has 0 radical (unpaired) electrons. The van der Waals surface area contributed by atoms with Crippen molar-refractivity contribution >= 4 is 35.1 Å². The molecule has 1 atom stereocenters. The molecule has 82 valence electrons. The first-order chi connectivity index (χ1) is 7.03. The highest BCUT2D eigenvalue weighted by molar-refractivity contribution is 6.99. The zero-order valence-electron chi connectivity index (χ0n) is 8.23. The Hall–Kier alpha value is -0.880. The van der Waals surface area contributed by atoms with E-state index in [0.29, 0.717) is 17.5 Å². The van der Waals surface area contributed by atoms with E-state index in [-0.39, 0.29) is 5.91 Å². The van der Waals surface area contributed by atoms with Crippen LogP contribution in [0.1, 0.15) is 13.3 Å². The number of nitrogens with two attached hydrogens (primary N) is 1. The molecule has 1 aromatic heterocycles. The van der Waals surface area contributed by atoms with Crippen molar-refractivity contribution in [2.45, 2.75) is 13.3 Å². The van der Waals surface area contributed by atoms with Gasteiger partial charge in [-0.05, 0) is 13.3 Å². The number of hydrogen-bond donors (Lipinski definition) is 1. The van der Waals surface area contributed by atoms with E-state index in [2.05, 4.69) is 8.75 Å².